The van der Waals surface area contributed by atoms with Crippen LogP contribution in [0.5, 0.6) is 5.75 Å². The number of hydrogen-bond donors (Lipinski definition) is 4. The van der Waals surface area contributed by atoms with Crippen LogP contribution in [0.4, 0.5) is 0 Å². The second-order valence-corrected chi connectivity index (χ2v) is 5.56. The van der Waals surface area contributed by atoms with Crippen LogP contribution in [-0.2, 0) is 13.0 Å². The summed E-state index contributed by atoms with van der Waals surface area (Å²) in [5.74, 6) is 0.0452. The van der Waals surface area contributed by atoms with Crippen LogP contribution in [-0.4, -0.2) is 27.9 Å². The van der Waals surface area contributed by atoms with E-state index in [0.29, 0.717) is 17.7 Å². The van der Waals surface area contributed by atoms with E-state index in [-0.39, 0.29) is 18.4 Å². The average Bonchev–Trinajstić information content (AvgIpc) is 2.54. The van der Waals surface area contributed by atoms with Crippen molar-refractivity contribution in [2.24, 2.45) is 0 Å². The summed E-state index contributed by atoms with van der Waals surface area (Å²) in [6, 6.07) is 15.2. The SMILES string of the molecule is C[C@@H](Cc1ccccc1)NC[C@@H](O)c1ccc(O)c(CO)c1. The first kappa shape index (κ1) is 16.5. The predicted molar refractivity (Wildman–Crippen MR) is 86.6 cm³/mol. The van der Waals surface area contributed by atoms with Gasteiger partial charge in [0.2, 0.25) is 0 Å². The highest BCUT2D eigenvalue weighted by molar-refractivity contribution is 5.36. The van der Waals surface area contributed by atoms with Gasteiger partial charge in [0.15, 0.2) is 0 Å². The Bertz CT molecular complexity index is 586. The Morgan fingerprint density at radius 1 is 1.09 bits per heavy atom. The summed E-state index contributed by atoms with van der Waals surface area (Å²) in [6.45, 7) is 2.25. The second-order valence-electron chi connectivity index (χ2n) is 5.56. The Hall–Kier alpha value is -1.88. The van der Waals surface area contributed by atoms with Crippen molar-refractivity contribution in [3.05, 3.63) is 65.2 Å². The maximum atomic E-state index is 10.2. The number of hydrogen-bond acceptors (Lipinski definition) is 4. The molecule has 2 atom stereocenters. The van der Waals surface area contributed by atoms with Crippen LogP contribution in [0.1, 0.15) is 29.7 Å². The van der Waals surface area contributed by atoms with E-state index in [9.17, 15) is 10.2 Å². The molecule has 0 aliphatic rings. The van der Waals surface area contributed by atoms with Gasteiger partial charge in [-0.05, 0) is 36.6 Å². The highest BCUT2D eigenvalue weighted by Crippen LogP contribution is 2.22. The molecule has 4 N–H and O–H groups in total. The normalized spacial score (nSPS) is 13.8. The molecule has 2 rings (SSSR count). The number of rotatable bonds is 7. The lowest BCUT2D eigenvalue weighted by atomic mass is 10.0. The Labute approximate surface area is 131 Å². The van der Waals surface area contributed by atoms with E-state index in [1.807, 2.05) is 18.2 Å². The molecule has 0 saturated heterocycles. The van der Waals surface area contributed by atoms with Crippen molar-refractivity contribution in [3.63, 3.8) is 0 Å². The summed E-state index contributed by atoms with van der Waals surface area (Å²) in [4.78, 5) is 0. The fourth-order valence-electron chi connectivity index (χ4n) is 2.41. The van der Waals surface area contributed by atoms with Crippen LogP contribution in [0.15, 0.2) is 48.5 Å². The number of benzene rings is 2. The number of aromatic hydroxyl groups is 1. The summed E-state index contributed by atoms with van der Waals surface area (Å²) in [6.07, 6.45) is 0.217. The average molecular weight is 301 g/mol. The summed E-state index contributed by atoms with van der Waals surface area (Å²) < 4.78 is 0. The third kappa shape index (κ3) is 4.56. The van der Waals surface area contributed by atoms with E-state index in [1.54, 1.807) is 12.1 Å². The van der Waals surface area contributed by atoms with E-state index in [1.165, 1.54) is 11.6 Å². The minimum atomic E-state index is -0.677. The Morgan fingerprint density at radius 2 is 1.82 bits per heavy atom. The molecule has 0 fully saturated rings. The molecule has 0 unspecified atom stereocenters. The Balaban J connectivity index is 1.88. The van der Waals surface area contributed by atoms with Gasteiger partial charge in [-0.2, -0.15) is 0 Å². The smallest absolute Gasteiger partial charge is 0.121 e. The Kier molecular flexibility index (Phi) is 5.95. The van der Waals surface area contributed by atoms with Gasteiger partial charge in [-0.3, -0.25) is 0 Å². The molecule has 0 amide bonds. The lowest BCUT2D eigenvalue weighted by Gasteiger charge is -2.18. The van der Waals surface area contributed by atoms with Crippen molar-refractivity contribution in [2.75, 3.05) is 6.54 Å². The minimum Gasteiger partial charge on any atom is -0.508 e. The summed E-state index contributed by atoms with van der Waals surface area (Å²) in [5.41, 5.74) is 2.36. The van der Waals surface area contributed by atoms with Crippen molar-refractivity contribution >= 4 is 0 Å². The maximum absolute atomic E-state index is 10.2. The zero-order chi connectivity index (χ0) is 15.9. The molecule has 4 heteroatoms. The van der Waals surface area contributed by atoms with Gasteiger partial charge in [0.25, 0.3) is 0 Å². The molecule has 0 spiro atoms. The fraction of sp³-hybridized carbons (Fsp3) is 0.333. The van der Waals surface area contributed by atoms with Crippen LogP contribution in [0.3, 0.4) is 0 Å². The Morgan fingerprint density at radius 3 is 2.50 bits per heavy atom. The van der Waals surface area contributed by atoms with Gasteiger partial charge in [-0.15, -0.1) is 0 Å². The highest BCUT2D eigenvalue weighted by Gasteiger charge is 2.12. The minimum absolute atomic E-state index is 0.0452. The standard InChI is InChI=1S/C18H23NO3/c1-13(9-14-5-3-2-4-6-14)19-11-18(22)15-7-8-17(21)16(10-15)12-20/h2-8,10,13,18-22H,9,11-12H2,1H3/t13-,18+/m0/s1. The van der Waals surface area contributed by atoms with Gasteiger partial charge in [0, 0.05) is 18.2 Å². The molecule has 0 aromatic heterocycles. The van der Waals surface area contributed by atoms with Crippen LogP contribution < -0.4 is 5.32 Å². The number of nitrogens with one attached hydrogen (secondary N) is 1. The van der Waals surface area contributed by atoms with E-state index in [2.05, 4.69) is 24.4 Å². The van der Waals surface area contributed by atoms with Crippen molar-refractivity contribution in [2.45, 2.75) is 32.1 Å². The molecule has 4 nitrogen and oxygen atoms in total. The molecule has 0 aliphatic carbocycles. The van der Waals surface area contributed by atoms with Gasteiger partial charge in [0.1, 0.15) is 5.75 Å². The zero-order valence-electron chi connectivity index (χ0n) is 12.7. The molecule has 2 aromatic rings. The van der Waals surface area contributed by atoms with Crippen molar-refractivity contribution in [1.82, 2.24) is 5.32 Å². The molecular weight excluding hydrogens is 278 g/mol. The van der Waals surface area contributed by atoms with E-state index < -0.39 is 6.10 Å². The lowest BCUT2D eigenvalue weighted by molar-refractivity contribution is 0.170. The molecule has 0 bridgehead atoms. The van der Waals surface area contributed by atoms with E-state index >= 15 is 0 Å². The first-order valence-corrected chi connectivity index (χ1v) is 7.48. The number of aliphatic hydroxyl groups excluding tert-OH is 2. The molecule has 118 valence electrons. The summed E-state index contributed by atoms with van der Waals surface area (Å²) in [5, 5.41) is 32.2. The van der Waals surface area contributed by atoms with Crippen molar-refractivity contribution in [3.8, 4) is 5.75 Å². The molecular formula is C18H23NO3. The topological polar surface area (TPSA) is 72.7 Å². The third-order valence-corrected chi connectivity index (χ3v) is 3.70. The van der Waals surface area contributed by atoms with Gasteiger partial charge < -0.3 is 20.6 Å². The van der Waals surface area contributed by atoms with Gasteiger partial charge in [-0.25, -0.2) is 0 Å². The molecule has 0 radical (unpaired) electrons. The largest absolute Gasteiger partial charge is 0.508 e. The number of aliphatic hydroxyl groups is 2. The van der Waals surface area contributed by atoms with Crippen LogP contribution in [0.2, 0.25) is 0 Å². The zero-order valence-corrected chi connectivity index (χ0v) is 12.7. The van der Waals surface area contributed by atoms with Gasteiger partial charge in [0.05, 0.1) is 12.7 Å². The fourth-order valence-corrected chi connectivity index (χ4v) is 2.41. The second kappa shape index (κ2) is 7.94. The quantitative estimate of drug-likeness (QED) is 0.632. The molecule has 0 heterocycles. The first-order chi connectivity index (χ1) is 10.6. The summed E-state index contributed by atoms with van der Waals surface area (Å²) in [7, 11) is 0. The summed E-state index contributed by atoms with van der Waals surface area (Å²) >= 11 is 0. The van der Waals surface area contributed by atoms with Crippen molar-refractivity contribution in [1.29, 1.82) is 0 Å². The van der Waals surface area contributed by atoms with Crippen LogP contribution >= 0.6 is 0 Å². The van der Waals surface area contributed by atoms with E-state index in [0.717, 1.165) is 6.42 Å². The van der Waals surface area contributed by atoms with Crippen LogP contribution in [0.25, 0.3) is 0 Å². The van der Waals surface area contributed by atoms with Crippen LogP contribution in [0, 0.1) is 0 Å². The lowest BCUT2D eigenvalue weighted by Crippen LogP contribution is -2.32. The van der Waals surface area contributed by atoms with Gasteiger partial charge >= 0.3 is 0 Å². The monoisotopic (exact) mass is 301 g/mol. The molecule has 0 saturated carbocycles. The molecule has 22 heavy (non-hydrogen) atoms. The number of phenols is 1. The van der Waals surface area contributed by atoms with E-state index in [4.69, 9.17) is 5.11 Å². The highest BCUT2D eigenvalue weighted by atomic mass is 16.3. The molecule has 2 aromatic carbocycles. The molecule has 0 aliphatic heterocycles. The third-order valence-electron chi connectivity index (χ3n) is 3.70. The first-order valence-electron chi connectivity index (χ1n) is 7.48. The predicted octanol–water partition coefficient (Wildman–Crippen LogP) is 2.14. The van der Waals surface area contributed by atoms with Gasteiger partial charge in [-0.1, -0.05) is 36.4 Å². The van der Waals surface area contributed by atoms with Crippen molar-refractivity contribution < 1.29 is 15.3 Å². The maximum Gasteiger partial charge on any atom is 0.121 e.